The molecule has 1 fully saturated rings. The topological polar surface area (TPSA) is 0 Å². The lowest BCUT2D eigenvalue weighted by Crippen LogP contribution is -1.91. The van der Waals surface area contributed by atoms with Gasteiger partial charge in [-0.05, 0) is 11.8 Å². The van der Waals surface area contributed by atoms with Crippen molar-refractivity contribution in [2.45, 2.75) is 46.0 Å². The maximum Gasteiger partial charge on any atom is -0.0414 e. The molecule has 1 rings (SSSR count). The summed E-state index contributed by atoms with van der Waals surface area (Å²) in [6, 6.07) is 0. The summed E-state index contributed by atoms with van der Waals surface area (Å²) >= 11 is 0. The number of hydrogen-bond acceptors (Lipinski definition) is 0. The number of rotatable bonds is 4. The second-order valence-corrected chi connectivity index (χ2v) is 3.53. The molecule has 9 heavy (non-hydrogen) atoms. The van der Waals surface area contributed by atoms with Crippen molar-refractivity contribution in [3.8, 4) is 0 Å². The van der Waals surface area contributed by atoms with Crippen molar-refractivity contribution >= 4 is 0 Å². The highest BCUT2D eigenvalue weighted by Gasteiger charge is 2.20. The van der Waals surface area contributed by atoms with Gasteiger partial charge in [-0.15, -0.1) is 0 Å². The molecule has 1 atom stereocenters. The summed E-state index contributed by atoms with van der Waals surface area (Å²) in [7, 11) is 0. The van der Waals surface area contributed by atoms with Gasteiger partial charge in [0.2, 0.25) is 0 Å². The van der Waals surface area contributed by atoms with Gasteiger partial charge >= 0.3 is 0 Å². The first-order valence-electron chi connectivity index (χ1n) is 4.33. The van der Waals surface area contributed by atoms with E-state index in [4.69, 9.17) is 0 Å². The second-order valence-electron chi connectivity index (χ2n) is 3.53. The van der Waals surface area contributed by atoms with Crippen molar-refractivity contribution in [2.24, 2.45) is 11.8 Å². The third kappa shape index (κ3) is 2.88. The smallest absolute Gasteiger partial charge is 0.0414 e. The Morgan fingerprint density at radius 2 is 2.11 bits per heavy atom. The molecule has 54 valence electrons. The lowest BCUT2D eigenvalue weighted by atomic mass is 10.0. The van der Waals surface area contributed by atoms with E-state index in [1.54, 1.807) is 0 Å². The highest BCUT2D eigenvalue weighted by molar-refractivity contribution is 4.73. The van der Waals surface area contributed by atoms with E-state index >= 15 is 0 Å². The van der Waals surface area contributed by atoms with E-state index < -0.39 is 0 Å². The zero-order valence-electron chi connectivity index (χ0n) is 6.69. The summed E-state index contributed by atoms with van der Waals surface area (Å²) < 4.78 is 0. The molecular formula is C9H18. The lowest BCUT2D eigenvalue weighted by Gasteiger charge is -2.05. The van der Waals surface area contributed by atoms with Gasteiger partial charge in [0.25, 0.3) is 0 Å². The summed E-state index contributed by atoms with van der Waals surface area (Å²) in [5.41, 5.74) is 0. The van der Waals surface area contributed by atoms with Crippen LogP contribution >= 0.6 is 0 Å². The van der Waals surface area contributed by atoms with Crippen LogP contribution in [0.3, 0.4) is 0 Å². The molecule has 0 nitrogen and oxygen atoms in total. The van der Waals surface area contributed by atoms with Gasteiger partial charge < -0.3 is 0 Å². The fourth-order valence-corrected chi connectivity index (χ4v) is 1.13. The minimum atomic E-state index is 0.977. The van der Waals surface area contributed by atoms with E-state index in [0.717, 1.165) is 11.8 Å². The molecule has 1 aliphatic carbocycles. The molecule has 0 amide bonds. The third-order valence-electron chi connectivity index (χ3n) is 2.46. The Hall–Kier alpha value is 0. The Kier molecular flexibility index (Phi) is 2.56. The molecule has 1 unspecified atom stereocenters. The second kappa shape index (κ2) is 3.24. The van der Waals surface area contributed by atoms with Gasteiger partial charge in [0.05, 0.1) is 0 Å². The van der Waals surface area contributed by atoms with Crippen LogP contribution < -0.4 is 0 Å². The molecule has 0 aliphatic heterocycles. The fourth-order valence-electron chi connectivity index (χ4n) is 1.13. The zero-order chi connectivity index (χ0) is 6.69. The third-order valence-corrected chi connectivity index (χ3v) is 2.46. The molecule has 0 heterocycles. The first-order chi connectivity index (χ1) is 4.33. The SMILES string of the molecule is CCC(C)CCC1CC1. The van der Waals surface area contributed by atoms with Crippen LogP contribution in [0.25, 0.3) is 0 Å². The molecule has 0 bridgehead atoms. The van der Waals surface area contributed by atoms with Gasteiger partial charge in [0.1, 0.15) is 0 Å². The van der Waals surface area contributed by atoms with Crippen molar-refractivity contribution in [3.05, 3.63) is 0 Å². The molecule has 1 aliphatic rings. The fraction of sp³-hybridized carbons (Fsp3) is 1.00. The average Bonchev–Trinajstić information content (AvgIpc) is 2.65. The van der Waals surface area contributed by atoms with Crippen LogP contribution in [0.2, 0.25) is 0 Å². The van der Waals surface area contributed by atoms with Crippen LogP contribution in [0.4, 0.5) is 0 Å². The normalized spacial score (nSPS) is 22.0. The predicted molar refractivity (Wildman–Crippen MR) is 41.4 cm³/mol. The molecule has 0 aromatic rings. The van der Waals surface area contributed by atoms with E-state index in [1.807, 2.05) is 0 Å². The summed E-state index contributed by atoms with van der Waals surface area (Å²) in [6.45, 7) is 4.65. The van der Waals surface area contributed by atoms with Crippen molar-refractivity contribution < 1.29 is 0 Å². The summed E-state index contributed by atoms with van der Waals surface area (Å²) in [5.74, 6) is 2.12. The van der Waals surface area contributed by atoms with Gasteiger partial charge in [-0.3, -0.25) is 0 Å². The quantitative estimate of drug-likeness (QED) is 0.542. The summed E-state index contributed by atoms with van der Waals surface area (Å²) in [6.07, 6.45) is 7.40. The standard InChI is InChI=1S/C9H18/c1-3-8(2)4-5-9-6-7-9/h8-9H,3-7H2,1-2H3. The first-order valence-corrected chi connectivity index (χ1v) is 4.33. The van der Waals surface area contributed by atoms with E-state index in [0.29, 0.717) is 0 Å². The predicted octanol–water partition coefficient (Wildman–Crippen LogP) is 3.22. The minimum Gasteiger partial charge on any atom is -0.0651 e. The monoisotopic (exact) mass is 126 g/mol. The van der Waals surface area contributed by atoms with Crippen LogP contribution in [0.1, 0.15) is 46.0 Å². The van der Waals surface area contributed by atoms with Gasteiger partial charge in [-0.2, -0.15) is 0 Å². The Morgan fingerprint density at radius 1 is 1.44 bits per heavy atom. The van der Waals surface area contributed by atoms with Gasteiger partial charge in [-0.25, -0.2) is 0 Å². The van der Waals surface area contributed by atoms with Gasteiger partial charge in [0.15, 0.2) is 0 Å². The number of hydrogen-bond donors (Lipinski definition) is 0. The molecule has 0 heteroatoms. The van der Waals surface area contributed by atoms with Crippen molar-refractivity contribution in [2.75, 3.05) is 0 Å². The Bertz CT molecular complexity index is 72.1. The maximum atomic E-state index is 2.36. The van der Waals surface area contributed by atoms with Crippen LogP contribution in [0.5, 0.6) is 0 Å². The lowest BCUT2D eigenvalue weighted by molar-refractivity contribution is 0.477. The van der Waals surface area contributed by atoms with Crippen LogP contribution in [-0.2, 0) is 0 Å². The highest BCUT2D eigenvalue weighted by Crippen LogP contribution is 2.34. The average molecular weight is 126 g/mol. The summed E-state index contributed by atoms with van der Waals surface area (Å²) in [5, 5.41) is 0. The highest BCUT2D eigenvalue weighted by atomic mass is 14.3. The Balaban J connectivity index is 1.90. The molecule has 0 aromatic carbocycles. The Labute approximate surface area is 58.7 Å². The maximum absolute atomic E-state index is 2.36. The van der Waals surface area contributed by atoms with E-state index in [2.05, 4.69) is 13.8 Å². The largest absolute Gasteiger partial charge is 0.0651 e. The molecule has 0 radical (unpaired) electrons. The molecule has 0 aromatic heterocycles. The van der Waals surface area contributed by atoms with Gasteiger partial charge in [-0.1, -0.05) is 46.0 Å². The molecule has 0 saturated heterocycles. The van der Waals surface area contributed by atoms with E-state index in [-0.39, 0.29) is 0 Å². The van der Waals surface area contributed by atoms with Crippen molar-refractivity contribution in [1.29, 1.82) is 0 Å². The van der Waals surface area contributed by atoms with E-state index in [1.165, 1.54) is 32.1 Å². The van der Waals surface area contributed by atoms with Crippen LogP contribution in [0.15, 0.2) is 0 Å². The zero-order valence-corrected chi connectivity index (χ0v) is 6.69. The molecular weight excluding hydrogens is 108 g/mol. The van der Waals surface area contributed by atoms with Gasteiger partial charge in [0, 0.05) is 0 Å². The minimum absolute atomic E-state index is 0.977. The molecule has 0 spiro atoms. The van der Waals surface area contributed by atoms with Crippen LogP contribution in [0, 0.1) is 11.8 Å². The van der Waals surface area contributed by atoms with Crippen molar-refractivity contribution in [3.63, 3.8) is 0 Å². The van der Waals surface area contributed by atoms with E-state index in [9.17, 15) is 0 Å². The van der Waals surface area contributed by atoms with Crippen LogP contribution in [-0.4, -0.2) is 0 Å². The molecule has 0 N–H and O–H groups in total. The Morgan fingerprint density at radius 3 is 2.56 bits per heavy atom. The molecule has 1 saturated carbocycles. The van der Waals surface area contributed by atoms with Crippen molar-refractivity contribution in [1.82, 2.24) is 0 Å². The first kappa shape index (κ1) is 7.11. The summed E-state index contributed by atoms with van der Waals surface area (Å²) in [4.78, 5) is 0.